The second-order valence-electron chi connectivity index (χ2n) is 6.52. The maximum atomic E-state index is 12.9. The number of hydrogen-bond donors (Lipinski definition) is 1. The highest BCUT2D eigenvalue weighted by Gasteiger charge is 2.38. The minimum Gasteiger partial charge on any atom is -0.345 e. The van der Waals surface area contributed by atoms with Crippen molar-refractivity contribution in [3.05, 3.63) is 35.4 Å². The summed E-state index contributed by atoms with van der Waals surface area (Å²) in [6, 6.07) is 8.59. The average molecular weight is 352 g/mol. The number of halogens is 1. The summed E-state index contributed by atoms with van der Waals surface area (Å²) in [7, 11) is 1.77. The number of rotatable bonds is 3. The molecule has 24 heavy (non-hydrogen) atoms. The predicted molar refractivity (Wildman–Crippen MR) is 96.1 cm³/mol. The molecule has 2 saturated heterocycles. The van der Waals surface area contributed by atoms with Crippen LogP contribution in [0.1, 0.15) is 30.5 Å². The van der Waals surface area contributed by atoms with Crippen LogP contribution in [-0.4, -0.2) is 54.8 Å². The van der Waals surface area contributed by atoms with E-state index in [0.717, 1.165) is 19.5 Å². The van der Waals surface area contributed by atoms with Crippen LogP contribution < -0.4 is 5.32 Å². The molecule has 3 rings (SSSR count). The first-order valence-corrected chi connectivity index (χ1v) is 8.44. The van der Waals surface area contributed by atoms with Gasteiger partial charge in [-0.15, -0.1) is 12.4 Å². The Morgan fingerprint density at radius 1 is 1.29 bits per heavy atom. The molecule has 0 aromatic heterocycles. The van der Waals surface area contributed by atoms with E-state index in [1.54, 1.807) is 11.9 Å². The molecular formula is C18H26ClN3O2. The summed E-state index contributed by atoms with van der Waals surface area (Å²) < 4.78 is 0. The fraction of sp³-hybridized carbons (Fsp3) is 0.556. The van der Waals surface area contributed by atoms with Gasteiger partial charge in [-0.3, -0.25) is 9.59 Å². The number of aryl methyl sites for hydroxylation is 1. The maximum absolute atomic E-state index is 12.9. The normalized spacial score (nSPS) is 24.0. The molecule has 2 fully saturated rings. The van der Waals surface area contributed by atoms with E-state index in [2.05, 4.69) is 36.5 Å². The second-order valence-corrected chi connectivity index (χ2v) is 6.52. The second kappa shape index (κ2) is 7.99. The first kappa shape index (κ1) is 18.7. The minimum absolute atomic E-state index is 0. The molecule has 0 bridgehead atoms. The van der Waals surface area contributed by atoms with Crippen molar-refractivity contribution in [3.63, 3.8) is 0 Å². The lowest BCUT2D eigenvalue weighted by molar-refractivity contribution is -0.139. The summed E-state index contributed by atoms with van der Waals surface area (Å²) in [5.41, 5.74) is 2.47. The van der Waals surface area contributed by atoms with Crippen LogP contribution in [0.25, 0.3) is 0 Å². The van der Waals surface area contributed by atoms with Crippen LogP contribution in [0.5, 0.6) is 0 Å². The molecule has 1 aromatic carbocycles. The quantitative estimate of drug-likeness (QED) is 0.900. The smallest absolute Gasteiger partial charge is 0.228 e. The molecule has 1 N–H and O–H groups in total. The summed E-state index contributed by atoms with van der Waals surface area (Å²) in [6.07, 6.45) is 1.36. The van der Waals surface area contributed by atoms with Crippen molar-refractivity contribution in [3.8, 4) is 0 Å². The molecule has 0 spiro atoms. The van der Waals surface area contributed by atoms with E-state index in [9.17, 15) is 9.59 Å². The van der Waals surface area contributed by atoms with E-state index in [1.165, 1.54) is 11.1 Å². The number of nitrogens with one attached hydrogen (secondary N) is 1. The van der Waals surface area contributed by atoms with Gasteiger partial charge in [0.1, 0.15) is 0 Å². The molecule has 0 saturated carbocycles. The van der Waals surface area contributed by atoms with Gasteiger partial charge in [0.25, 0.3) is 0 Å². The lowest BCUT2D eigenvalue weighted by atomic mass is 9.98. The van der Waals surface area contributed by atoms with Crippen LogP contribution in [0.4, 0.5) is 0 Å². The van der Waals surface area contributed by atoms with Crippen molar-refractivity contribution in [2.75, 3.05) is 33.2 Å². The number of carbonyl (C=O) groups excluding carboxylic acids is 2. The Bertz CT molecular complexity index is 590. The molecule has 0 aliphatic carbocycles. The Morgan fingerprint density at radius 2 is 2.00 bits per heavy atom. The highest BCUT2D eigenvalue weighted by molar-refractivity contribution is 5.89. The SMILES string of the molecule is CCc1ccc(C2CNCCN2C(=O)C2CC(=O)N(C)C2)cc1.Cl. The van der Waals surface area contributed by atoms with Gasteiger partial charge in [0, 0.05) is 39.6 Å². The molecule has 2 aliphatic heterocycles. The molecular weight excluding hydrogens is 326 g/mol. The molecule has 0 radical (unpaired) electrons. The molecule has 5 nitrogen and oxygen atoms in total. The number of hydrogen-bond acceptors (Lipinski definition) is 3. The van der Waals surface area contributed by atoms with Crippen molar-refractivity contribution in [2.24, 2.45) is 5.92 Å². The van der Waals surface area contributed by atoms with Gasteiger partial charge in [0.2, 0.25) is 11.8 Å². The van der Waals surface area contributed by atoms with E-state index in [1.807, 2.05) is 4.90 Å². The number of nitrogens with zero attached hydrogens (tertiary/aromatic N) is 2. The fourth-order valence-corrected chi connectivity index (χ4v) is 3.50. The highest BCUT2D eigenvalue weighted by atomic mass is 35.5. The topological polar surface area (TPSA) is 52.7 Å². The van der Waals surface area contributed by atoms with E-state index in [0.29, 0.717) is 19.5 Å². The number of likely N-dealkylation sites (tertiary alicyclic amines) is 1. The predicted octanol–water partition coefficient (Wildman–Crippen LogP) is 1.62. The van der Waals surface area contributed by atoms with Gasteiger partial charge in [-0.2, -0.15) is 0 Å². The van der Waals surface area contributed by atoms with Crippen LogP contribution in [-0.2, 0) is 16.0 Å². The molecule has 132 valence electrons. The van der Waals surface area contributed by atoms with Crippen molar-refractivity contribution < 1.29 is 9.59 Å². The maximum Gasteiger partial charge on any atom is 0.228 e. The van der Waals surface area contributed by atoms with Gasteiger partial charge in [0.15, 0.2) is 0 Å². The monoisotopic (exact) mass is 351 g/mol. The van der Waals surface area contributed by atoms with Crippen LogP contribution >= 0.6 is 12.4 Å². The highest BCUT2D eigenvalue weighted by Crippen LogP contribution is 2.27. The average Bonchev–Trinajstić information content (AvgIpc) is 2.93. The van der Waals surface area contributed by atoms with Gasteiger partial charge >= 0.3 is 0 Å². The van der Waals surface area contributed by atoms with Gasteiger partial charge < -0.3 is 15.1 Å². The Balaban J connectivity index is 0.00000208. The van der Waals surface area contributed by atoms with E-state index < -0.39 is 0 Å². The Hall–Kier alpha value is -1.59. The van der Waals surface area contributed by atoms with Crippen LogP contribution in [0.2, 0.25) is 0 Å². The van der Waals surface area contributed by atoms with E-state index >= 15 is 0 Å². The molecule has 6 heteroatoms. The number of carbonyl (C=O) groups is 2. The zero-order valence-corrected chi connectivity index (χ0v) is 15.1. The lowest BCUT2D eigenvalue weighted by Crippen LogP contribution is -2.50. The zero-order valence-electron chi connectivity index (χ0n) is 14.3. The number of amides is 2. The van der Waals surface area contributed by atoms with Gasteiger partial charge in [-0.05, 0) is 17.5 Å². The number of benzene rings is 1. The van der Waals surface area contributed by atoms with Crippen LogP contribution in [0.15, 0.2) is 24.3 Å². The first-order valence-electron chi connectivity index (χ1n) is 8.44. The van der Waals surface area contributed by atoms with Crippen LogP contribution in [0.3, 0.4) is 0 Å². The van der Waals surface area contributed by atoms with E-state index in [4.69, 9.17) is 0 Å². The molecule has 2 heterocycles. The summed E-state index contributed by atoms with van der Waals surface area (Å²) in [5, 5.41) is 3.38. The van der Waals surface area contributed by atoms with Crippen molar-refractivity contribution in [1.82, 2.24) is 15.1 Å². The van der Waals surface area contributed by atoms with Crippen molar-refractivity contribution in [1.29, 1.82) is 0 Å². The first-order chi connectivity index (χ1) is 11.1. The van der Waals surface area contributed by atoms with E-state index in [-0.39, 0.29) is 36.2 Å². The Kier molecular flexibility index (Phi) is 6.24. The summed E-state index contributed by atoms with van der Waals surface area (Å²) >= 11 is 0. The molecule has 2 aliphatic rings. The largest absolute Gasteiger partial charge is 0.345 e. The van der Waals surface area contributed by atoms with Crippen LogP contribution in [0, 0.1) is 5.92 Å². The van der Waals surface area contributed by atoms with Gasteiger partial charge in [-0.25, -0.2) is 0 Å². The third-order valence-corrected chi connectivity index (χ3v) is 4.99. The molecule has 2 atom stereocenters. The third-order valence-electron chi connectivity index (χ3n) is 4.99. The molecule has 1 aromatic rings. The van der Waals surface area contributed by atoms with Crippen molar-refractivity contribution in [2.45, 2.75) is 25.8 Å². The summed E-state index contributed by atoms with van der Waals surface area (Å²) in [6.45, 7) is 4.97. The number of piperazine rings is 1. The standard InChI is InChI=1S/C18H25N3O2.ClH/c1-3-13-4-6-14(7-5-13)16-11-19-8-9-21(16)18(23)15-10-17(22)20(2)12-15;/h4-7,15-16,19H,3,8-12H2,1-2H3;1H. The molecule has 2 unspecified atom stereocenters. The third kappa shape index (κ3) is 3.73. The lowest BCUT2D eigenvalue weighted by Gasteiger charge is -2.38. The Morgan fingerprint density at radius 3 is 2.58 bits per heavy atom. The minimum atomic E-state index is -0.192. The van der Waals surface area contributed by atoms with Gasteiger partial charge in [0.05, 0.1) is 12.0 Å². The van der Waals surface area contributed by atoms with Gasteiger partial charge in [-0.1, -0.05) is 31.2 Å². The fourth-order valence-electron chi connectivity index (χ4n) is 3.50. The zero-order chi connectivity index (χ0) is 16.4. The Labute approximate surface area is 149 Å². The molecule has 2 amide bonds. The van der Waals surface area contributed by atoms with Crippen molar-refractivity contribution >= 4 is 24.2 Å². The summed E-state index contributed by atoms with van der Waals surface area (Å²) in [5.74, 6) is -0.000818. The summed E-state index contributed by atoms with van der Waals surface area (Å²) in [4.78, 5) is 28.3.